The van der Waals surface area contributed by atoms with Crippen molar-refractivity contribution in [3.8, 4) is 0 Å². The molecule has 0 fully saturated rings. The zero-order valence-electron chi connectivity index (χ0n) is 10.0. The second-order valence-electron chi connectivity index (χ2n) is 4.00. The molecule has 0 aromatic carbocycles. The first-order chi connectivity index (χ1) is 8.17. The molecule has 0 saturated carbocycles. The van der Waals surface area contributed by atoms with Crippen LogP contribution in [0.4, 0.5) is 0 Å². The first kappa shape index (κ1) is 13.4. The van der Waals surface area contributed by atoms with Crippen molar-refractivity contribution in [2.24, 2.45) is 11.7 Å². The van der Waals surface area contributed by atoms with Gasteiger partial charge in [-0.25, -0.2) is 0 Å². The number of amides is 1. The van der Waals surface area contributed by atoms with Crippen LogP contribution in [-0.2, 0) is 0 Å². The van der Waals surface area contributed by atoms with Crippen LogP contribution in [0, 0.1) is 5.92 Å². The number of aromatic amines is 1. The summed E-state index contributed by atoms with van der Waals surface area (Å²) in [4.78, 5) is 25.2. The van der Waals surface area contributed by atoms with Gasteiger partial charge in [-0.05, 0) is 24.9 Å². The molecule has 5 nitrogen and oxygen atoms in total. The van der Waals surface area contributed by atoms with Gasteiger partial charge in [-0.1, -0.05) is 13.3 Å². The molecule has 5 heteroatoms. The van der Waals surface area contributed by atoms with E-state index in [1.54, 1.807) is 6.07 Å². The predicted molar refractivity (Wildman–Crippen MR) is 66.8 cm³/mol. The highest BCUT2D eigenvalue weighted by Crippen LogP contribution is 2.05. The Morgan fingerprint density at radius 1 is 1.59 bits per heavy atom. The normalized spacial score (nSPS) is 12.1. The molecule has 1 aromatic rings. The standard InChI is InChI=1S/C12H19N3O2/c1-2-9(3-5-13)8-15-12(17)10-4-6-14-11(16)7-10/h4,6-7,9H,2-3,5,8,13H2,1H3,(H,14,16)(H,15,17). The summed E-state index contributed by atoms with van der Waals surface area (Å²) in [5.41, 5.74) is 5.60. The molecule has 17 heavy (non-hydrogen) atoms. The van der Waals surface area contributed by atoms with Crippen LogP contribution in [0.3, 0.4) is 0 Å². The van der Waals surface area contributed by atoms with Crippen LogP contribution < -0.4 is 16.6 Å². The summed E-state index contributed by atoms with van der Waals surface area (Å²) in [5, 5.41) is 2.81. The second-order valence-corrected chi connectivity index (χ2v) is 4.00. The zero-order valence-corrected chi connectivity index (χ0v) is 10.0. The highest BCUT2D eigenvalue weighted by atomic mass is 16.2. The van der Waals surface area contributed by atoms with Crippen molar-refractivity contribution >= 4 is 5.91 Å². The van der Waals surface area contributed by atoms with Crippen molar-refractivity contribution in [3.63, 3.8) is 0 Å². The van der Waals surface area contributed by atoms with Crippen LogP contribution >= 0.6 is 0 Å². The Bertz CT molecular complexity index is 414. The Hall–Kier alpha value is -1.62. The van der Waals surface area contributed by atoms with Gasteiger partial charge in [0.25, 0.3) is 5.91 Å². The summed E-state index contributed by atoms with van der Waals surface area (Å²) in [6.07, 6.45) is 3.34. The van der Waals surface area contributed by atoms with Gasteiger partial charge in [0.2, 0.25) is 5.56 Å². The lowest BCUT2D eigenvalue weighted by Crippen LogP contribution is -2.30. The molecule has 4 N–H and O–H groups in total. The molecule has 0 saturated heterocycles. The average Bonchev–Trinajstić information content (AvgIpc) is 2.34. The molecule has 1 amide bonds. The highest BCUT2D eigenvalue weighted by Gasteiger charge is 2.09. The molecule has 0 bridgehead atoms. The molecule has 1 rings (SSSR count). The first-order valence-corrected chi connectivity index (χ1v) is 5.84. The Morgan fingerprint density at radius 2 is 2.35 bits per heavy atom. The van der Waals surface area contributed by atoms with E-state index in [4.69, 9.17) is 5.73 Å². The van der Waals surface area contributed by atoms with Crippen molar-refractivity contribution in [2.45, 2.75) is 19.8 Å². The Balaban J connectivity index is 2.52. The summed E-state index contributed by atoms with van der Waals surface area (Å²) in [7, 11) is 0. The zero-order chi connectivity index (χ0) is 12.7. The quantitative estimate of drug-likeness (QED) is 0.672. The van der Waals surface area contributed by atoms with Crippen molar-refractivity contribution < 1.29 is 4.79 Å². The van der Waals surface area contributed by atoms with Gasteiger partial charge in [0.1, 0.15) is 0 Å². The molecule has 1 heterocycles. The van der Waals surface area contributed by atoms with Gasteiger partial charge in [0, 0.05) is 24.4 Å². The fourth-order valence-corrected chi connectivity index (χ4v) is 1.61. The minimum atomic E-state index is -0.272. The topological polar surface area (TPSA) is 88.0 Å². The van der Waals surface area contributed by atoms with Crippen LogP contribution in [0.5, 0.6) is 0 Å². The lowest BCUT2D eigenvalue weighted by atomic mass is 10.0. The number of carbonyl (C=O) groups is 1. The first-order valence-electron chi connectivity index (χ1n) is 5.84. The Morgan fingerprint density at radius 3 is 2.94 bits per heavy atom. The van der Waals surface area contributed by atoms with E-state index >= 15 is 0 Å². The van der Waals surface area contributed by atoms with Crippen molar-refractivity contribution in [1.82, 2.24) is 10.3 Å². The van der Waals surface area contributed by atoms with Crippen molar-refractivity contribution in [3.05, 3.63) is 34.2 Å². The summed E-state index contributed by atoms with van der Waals surface area (Å²) in [6.45, 7) is 3.29. The van der Waals surface area contributed by atoms with E-state index < -0.39 is 0 Å². The predicted octanol–water partition coefficient (Wildman–Crippen LogP) is 0.480. The molecule has 0 aliphatic carbocycles. The van der Waals surface area contributed by atoms with E-state index in [-0.39, 0.29) is 11.5 Å². The SMILES string of the molecule is CCC(CCN)CNC(=O)c1cc[nH]c(=O)c1. The van der Waals surface area contributed by atoms with E-state index in [0.29, 0.717) is 24.6 Å². The molecule has 0 aliphatic rings. The summed E-state index contributed by atoms with van der Waals surface area (Å²) in [5.74, 6) is 0.178. The maximum Gasteiger partial charge on any atom is 0.251 e. The number of nitrogens with one attached hydrogen (secondary N) is 2. The van der Waals surface area contributed by atoms with Crippen LogP contribution in [-0.4, -0.2) is 24.0 Å². The number of nitrogens with two attached hydrogens (primary N) is 1. The third-order valence-electron chi connectivity index (χ3n) is 2.74. The fourth-order valence-electron chi connectivity index (χ4n) is 1.61. The largest absolute Gasteiger partial charge is 0.352 e. The van der Waals surface area contributed by atoms with E-state index in [0.717, 1.165) is 12.8 Å². The molecule has 1 aromatic heterocycles. The fraction of sp³-hybridized carbons (Fsp3) is 0.500. The number of hydrogen-bond donors (Lipinski definition) is 3. The molecule has 1 unspecified atom stereocenters. The molecule has 0 spiro atoms. The number of H-pyrrole nitrogens is 1. The van der Waals surface area contributed by atoms with Gasteiger partial charge in [0.15, 0.2) is 0 Å². The number of aromatic nitrogens is 1. The Labute approximate surface area is 100 Å². The third kappa shape index (κ3) is 4.40. The lowest BCUT2D eigenvalue weighted by molar-refractivity contribution is 0.0946. The highest BCUT2D eigenvalue weighted by molar-refractivity contribution is 5.93. The van der Waals surface area contributed by atoms with Crippen molar-refractivity contribution in [2.75, 3.05) is 13.1 Å². The van der Waals surface area contributed by atoms with Gasteiger partial charge in [-0.15, -0.1) is 0 Å². The molecule has 0 radical (unpaired) electrons. The van der Waals surface area contributed by atoms with Crippen LogP contribution in [0.1, 0.15) is 30.1 Å². The van der Waals surface area contributed by atoms with Gasteiger partial charge < -0.3 is 16.0 Å². The lowest BCUT2D eigenvalue weighted by Gasteiger charge is -2.14. The monoisotopic (exact) mass is 237 g/mol. The van der Waals surface area contributed by atoms with Crippen LogP contribution in [0.15, 0.2) is 23.1 Å². The Kier molecular flexibility index (Phi) is 5.42. The summed E-state index contributed by atoms with van der Waals surface area (Å²) >= 11 is 0. The summed E-state index contributed by atoms with van der Waals surface area (Å²) < 4.78 is 0. The maximum atomic E-state index is 11.7. The maximum absolute atomic E-state index is 11.7. The van der Waals surface area contributed by atoms with Crippen LogP contribution in [0.25, 0.3) is 0 Å². The van der Waals surface area contributed by atoms with E-state index in [2.05, 4.69) is 17.2 Å². The second kappa shape index (κ2) is 6.85. The molecule has 94 valence electrons. The van der Waals surface area contributed by atoms with Gasteiger partial charge in [0.05, 0.1) is 0 Å². The third-order valence-corrected chi connectivity index (χ3v) is 2.74. The van der Waals surface area contributed by atoms with Gasteiger partial charge >= 0.3 is 0 Å². The van der Waals surface area contributed by atoms with Gasteiger partial charge in [-0.2, -0.15) is 0 Å². The number of pyridine rings is 1. The molecule has 0 aliphatic heterocycles. The number of hydrogen-bond acceptors (Lipinski definition) is 3. The van der Waals surface area contributed by atoms with E-state index in [9.17, 15) is 9.59 Å². The number of carbonyl (C=O) groups excluding carboxylic acids is 1. The minimum Gasteiger partial charge on any atom is -0.352 e. The minimum absolute atomic E-state index is 0.216. The molecular formula is C12H19N3O2. The van der Waals surface area contributed by atoms with E-state index in [1.165, 1.54) is 12.3 Å². The van der Waals surface area contributed by atoms with E-state index in [1.807, 2.05) is 0 Å². The number of rotatable bonds is 6. The average molecular weight is 237 g/mol. The summed E-state index contributed by atoms with van der Waals surface area (Å²) in [6, 6.07) is 2.87. The molecule has 1 atom stereocenters. The van der Waals surface area contributed by atoms with Gasteiger partial charge in [-0.3, -0.25) is 9.59 Å². The molecular weight excluding hydrogens is 218 g/mol. The van der Waals surface area contributed by atoms with Crippen LogP contribution in [0.2, 0.25) is 0 Å². The van der Waals surface area contributed by atoms with Crippen molar-refractivity contribution in [1.29, 1.82) is 0 Å². The smallest absolute Gasteiger partial charge is 0.251 e.